The van der Waals surface area contributed by atoms with E-state index in [0.717, 1.165) is 37.1 Å². The van der Waals surface area contributed by atoms with Crippen molar-refractivity contribution in [3.05, 3.63) is 57.6 Å². The van der Waals surface area contributed by atoms with Gasteiger partial charge in [-0.1, -0.05) is 12.1 Å². The topological polar surface area (TPSA) is 93.7 Å². The first kappa shape index (κ1) is 25.2. The molecule has 0 unspecified atom stereocenters. The summed E-state index contributed by atoms with van der Waals surface area (Å²) in [5, 5.41) is 6.15. The van der Waals surface area contributed by atoms with Crippen LogP contribution in [0.5, 0.6) is 11.5 Å². The maximum Gasteiger partial charge on any atom is 0.198 e. The average molecular weight is 441 g/mol. The lowest BCUT2D eigenvalue weighted by atomic mass is 9.79. The van der Waals surface area contributed by atoms with Gasteiger partial charge in [0.05, 0.1) is 24.3 Å². The van der Waals surface area contributed by atoms with E-state index in [1.165, 1.54) is 0 Å². The smallest absolute Gasteiger partial charge is 0.198 e. The van der Waals surface area contributed by atoms with Gasteiger partial charge in [-0.15, -0.1) is 0 Å². The van der Waals surface area contributed by atoms with Crippen molar-refractivity contribution in [3.63, 3.8) is 0 Å². The van der Waals surface area contributed by atoms with Crippen molar-refractivity contribution in [2.24, 2.45) is 0 Å². The summed E-state index contributed by atoms with van der Waals surface area (Å²) in [6.07, 6.45) is 1.61. The van der Waals surface area contributed by atoms with Crippen molar-refractivity contribution >= 4 is 18.4 Å². The van der Waals surface area contributed by atoms with E-state index in [9.17, 15) is 9.59 Å². The van der Waals surface area contributed by atoms with Gasteiger partial charge in [-0.3, -0.25) is 9.59 Å². The molecule has 0 radical (unpaired) electrons. The molecule has 2 N–H and O–H groups in total. The van der Waals surface area contributed by atoms with Gasteiger partial charge in [-0.05, 0) is 77.1 Å². The van der Waals surface area contributed by atoms with Crippen molar-refractivity contribution in [2.45, 2.75) is 26.7 Å². The van der Waals surface area contributed by atoms with Gasteiger partial charge < -0.3 is 24.9 Å². The van der Waals surface area contributed by atoms with Gasteiger partial charge in [0.15, 0.2) is 11.6 Å². The minimum atomic E-state index is -0.176. The summed E-state index contributed by atoms with van der Waals surface area (Å²) < 4.78 is 11.8. The number of ketones is 2. The number of aryl methyl sites for hydroxylation is 2. The Morgan fingerprint density at radius 1 is 0.688 bits per heavy atom. The predicted octanol–water partition coefficient (Wildman–Crippen LogP) is 2.87. The van der Waals surface area contributed by atoms with E-state index >= 15 is 0 Å². The Morgan fingerprint density at radius 2 is 1.06 bits per heavy atom. The van der Waals surface area contributed by atoms with Gasteiger partial charge in [-0.25, -0.2) is 0 Å². The molecule has 3 rings (SSSR count). The van der Waals surface area contributed by atoms with Crippen LogP contribution in [-0.2, 0) is 4.79 Å². The second kappa shape index (κ2) is 12.1. The standard InChI is InChI=1S/C24H30N2O4.CH2O/c1-15-7-9-17(29-13-5-11-25-3)21-19(15)23(27)22-18(30-14-6-12-26-4)10-8-16(2)20(22)24(21)28;1-2/h7-10,25-26H,5-6,11-14H2,1-4H3;1H2. The molecular formula is C25H32N2O5. The third kappa shape index (κ3) is 5.23. The molecule has 0 atom stereocenters. The van der Waals surface area contributed by atoms with Crippen LogP contribution in [-0.4, -0.2) is 58.8 Å². The fourth-order valence-electron chi connectivity index (χ4n) is 3.76. The Balaban J connectivity index is 0.00000176. The fraction of sp³-hybridized carbons (Fsp3) is 0.400. The highest BCUT2D eigenvalue weighted by molar-refractivity contribution is 6.31. The Morgan fingerprint density at radius 3 is 1.41 bits per heavy atom. The van der Waals surface area contributed by atoms with Gasteiger partial charge in [0.25, 0.3) is 0 Å². The number of hydrogen-bond donors (Lipinski definition) is 2. The van der Waals surface area contributed by atoms with Gasteiger partial charge >= 0.3 is 0 Å². The summed E-state index contributed by atoms with van der Waals surface area (Å²) in [5.41, 5.74) is 3.10. The van der Waals surface area contributed by atoms with E-state index in [1.54, 1.807) is 12.1 Å². The SMILES string of the molecule is C=O.CNCCCOc1ccc(C)c2c1C(=O)c1c(C)ccc(OCCCNC)c1C2=O. The molecule has 1 aliphatic rings. The van der Waals surface area contributed by atoms with Crippen molar-refractivity contribution in [1.29, 1.82) is 0 Å². The lowest BCUT2D eigenvalue weighted by Gasteiger charge is -2.25. The molecule has 0 heterocycles. The molecule has 2 aromatic carbocycles. The van der Waals surface area contributed by atoms with Crippen LogP contribution in [0.3, 0.4) is 0 Å². The average Bonchev–Trinajstić information content (AvgIpc) is 2.80. The number of fused-ring (bicyclic) bond motifs is 2. The van der Waals surface area contributed by atoms with Crippen molar-refractivity contribution < 1.29 is 23.9 Å². The van der Waals surface area contributed by atoms with Gasteiger partial charge in [0.1, 0.15) is 18.3 Å². The summed E-state index contributed by atoms with van der Waals surface area (Å²) in [4.78, 5) is 35.1. The van der Waals surface area contributed by atoms with Crippen LogP contribution in [0, 0.1) is 13.8 Å². The number of benzene rings is 2. The van der Waals surface area contributed by atoms with Gasteiger partial charge in [0, 0.05) is 11.1 Å². The summed E-state index contributed by atoms with van der Waals surface area (Å²) in [5.74, 6) is 0.584. The molecule has 0 saturated carbocycles. The number of carbonyl (C=O) groups excluding carboxylic acids is 3. The van der Waals surface area contributed by atoms with E-state index < -0.39 is 0 Å². The maximum atomic E-state index is 13.6. The molecule has 2 aromatic rings. The van der Waals surface area contributed by atoms with E-state index in [2.05, 4.69) is 10.6 Å². The van der Waals surface area contributed by atoms with Crippen molar-refractivity contribution in [2.75, 3.05) is 40.4 Å². The van der Waals surface area contributed by atoms with Crippen molar-refractivity contribution in [3.8, 4) is 11.5 Å². The molecule has 0 amide bonds. The fourth-order valence-corrected chi connectivity index (χ4v) is 3.76. The Labute approximate surface area is 189 Å². The van der Waals surface area contributed by atoms with Crippen LogP contribution in [0.2, 0.25) is 0 Å². The minimum Gasteiger partial charge on any atom is -0.493 e. The van der Waals surface area contributed by atoms with Crippen LogP contribution in [0.15, 0.2) is 24.3 Å². The summed E-state index contributed by atoms with van der Waals surface area (Å²) >= 11 is 0. The third-order valence-electron chi connectivity index (χ3n) is 5.32. The summed E-state index contributed by atoms with van der Waals surface area (Å²) in [6.45, 7) is 8.27. The number of rotatable bonds is 10. The molecule has 0 aromatic heterocycles. The number of nitrogens with one attached hydrogen (secondary N) is 2. The highest BCUT2D eigenvalue weighted by Gasteiger charge is 2.37. The number of ether oxygens (including phenoxy) is 2. The molecule has 0 fully saturated rings. The minimum absolute atomic E-state index is 0.176. The normalized spacial score (nSPS) is 11.9. The highest BCUT2D eigenvalue weighted by atomic mass is 16.5. The van der Waals surface area contributed by atoms with Gasteiger partial charge in [-0.2, -0.15) is 0 Å². The third-order valence-corrected chi connectivity index (χ3v) is 5.32. The lowest BCUT2D eigenvalue weighted by molar-refractivity contribution is -0.0980. The van der Waals surface area contributed by atoms with Crippen molar-refractivity contribution in [1.82, 2.24) is 10.6 Å². The zero-order chi connectivity index (χ0) is 23.7. The second-order valence-electron chi connectivity index (χ2n) is 7.53. The quantitative estimate of drug-likeness (QED) is 0.468. The molecule has 0 saturated heterocycles. The molecule has 1 aliphatic carbocycles. The van der Waals surface area contributed by atoms with E-state index in [1.807, 2.05) is 46.9 Å². The molecule has 7 heteroatoms. The second-order valence-corrected chi connectivity index (χ2v) is 7.53. The Hall–Kier alpha value is -3.03. The van der Waals surface area contributed by atoms with Crippen LogP contribution < -0.4 is 20.1 Å². The Kier molecular flexibility index (Phi) is 9.56. The molecule has 7 nitrogen and oxygen atoms in total. The summed E-state index contributed by atoms with van der Waals surface area (Å²) in [7, 11) is 3.77. The first-order valence-electron chi connectivity index (χ1n) is 10.7. The van der Waals surface area contributed by atoms with Crippen LogP contribution >= 0.6 is 0 Å². The number of hydrogen-bond acceptors (Lipinski definition) is 7. The van der Waals surface area contributed by atoms with Crippen LogP contribution in [0.1, 0.15) is 55.8 Å². The molecule has 172 valence electrons. The molecular weight excluding hydrogens is 408 g/mol. The van der Waals surface area contributed by atoms with E-state index in [-0.39, 0.29) is 11.6 Å². The lowest BCUT2D eigenvalue weighted by Crippen LogP contribution is -2.25. The monoisotopic (exact) mass is 440 g/mol. The highest BCUT2D eigenvalue weighted by Crippen LogP contribution is 2.40. The zero-order valence-corrected chi connectivity index (χ0v) is 19.3. The first-order chi connectivity index (χ1) is 15.5. The van der Waals surface area contributed by atoms with Gasteiger partial charge in [0.2, 0.25) is 0 Å². The van der Waals surface area contributed by atoms with E-state index in [4.69, 9.17) is 14.3 Å². The molecule has 0 bridgehead atoms. The number of carbonyl (C=O) groups is 3. The predicted molar refractivity (Wildman–Crippen MR) is 124 cm³/mol. The maximum absolute atomic E-state index is 13.6. The Bertz CT molecular complexity index is 894. The first-order valence-corrected chi connectivity index (χ1v) is 10.7. The van der Waals surface area contributed by atoms with Crippen LogP contribution in [0.25, 0.3) is 0 Å². The van der Waals surface area contributed by atoms with Crippen LogP contribution in [0.4, 0.5) is 0 Å². The molecule has 32 heavy (non-hydrogen) atoms. The zero-order valence-electron chi connectivity index (χ0n) is 19.3. The van der Waals surface area contributed by atoms with E-state index in [0.29, 0.717) is 47.0 Å². The molecule has 0 aliphatic heterocycles. The largest absolute Gasteiger partial charge is 0.493 e. The molecule has 0 spiro atoms. The summed E-state index contributed by atoms with van der Waals surface area (Å²) in [6, 6.07) is 7.26.